The summed E-state index contributed by atoms with van der Waals surface area (Å²) in [4.78, 5) is 31.1. The zero-order valence-corrected chi connectivity index (χ0v) is 16.5. The molecule has 1 aromatic heterocycles. The smallest absolute Gasteiger partial charge is 0.317 e. The lowest BCUT2D eigenvalue weighted by Gasteiger charge is -2.38. The van der Waals surface area contributed by atoms with Gasteiger partial charge in [0.1, 0.15) is 5.76 Å². The number of carbonyl (C=O) groups is 2. The molecule has 3 rings (SSSR count). The number of piperazine rings is 1. The van der Waals surface area contributed by atoms with E-state index in [9.17, 15) is 9.59 Å². The minimum atomic E-state index is -0.185. The Balaban J connectivity index is 1.39. The van der Waals surface area contributed by atoms with Gasteiger partial charge in [-0.15, -0.1) is 0 Å². The average Bonchev–Trinajstić information content (AvgIpc) is 3.09. The number of furan rings is 1. The molecule has 3 heterocycles. The molecular formula is C19H31N5O3. The molecule has 0 radical (unpaired) electrons. The van der Waals surface area contributed by atoms with Crippen LogP contribution in [-0.2, 0) is 0 Å². The maximum atomic E-state index is 12.5. The second-order valence-electron chi connectivity index (χ2n) is 7.73. The van der Waals surface area contributed by atoms with E-state index in [1.807, 2.05) is 11.8 Å². The highest BCUT2D eigenvalue weighted by atomic mass is 16.3. The Morgan fingerprint density at radius 3 is 2.56 bits per heavy atom. The molecule has 0 aliphatic carbocycles. The molecule has 0 spiro atoms. The van der Waals surface area contributed by atoms with Gasteiger partial charge >= 0.3 is 6.03 Å². The third kappa shape index (κ3) is 5.23. The van der Waals surface area contributed by atoms with Gasteiger partial charge in [0.05, 0.1) is 0 Å². The summed E-state index contributed by atoms with van der Waals surface area (Å²) in [5.41, 5.74) is 0. The average molecular weight is 377 g/mol. The number of aryl methyl sites for hydroxylation is 1. The topological polar surface area (TPSA) is 81.1 Å². The van der Waals surface area contributed by atoms with Crippen molar-refractivity contribution in [1.82, 2.24) is 25.3 Å². The van der Waals surface area contributed by atoms with Crippen molar-refractivity contribution in [2.75, 3.05) is 53.4 Å². The zero-order chi connectivity index (χ0) is 19.4. The molecule has 1 unspecified atom stereocenters. The van der Waals surface area contributed by atoms with Crippen LogP contribution in [0.3, 0.4) is 0 Å². The predicted molar refractivity (Wildman–Crippen MR) is 103 cm³/mol. The number of urea groups is 1. The number of likely N-dealkylation sites (tertiary alicyclic amines) is 1. The van der Waals surface area contributed by atoms with E-state index in [2.05, 4.69) is 34.5 Å². The highest BCUT2D eigenvalue weighted by Gasteiger charge is 2.27. The van der Waals surface area contributed by atoms with E-state index in [1.165, 1.54) is 0 Å². The van der Waals surface area contributed by atoms with Gasteiger partial charge in [-0.2, -0.15) is 0 Å². The Morgan fingerprint density at radius 2 is 1.89 bits per heavy atom. The largest absolute Gasteiger partial charge is 0.456 e. The van der Waals surface area contributed by atoms with E-state index in [1.54, 1.807) is 12.1 Å². The van der Waals surface area contributed by atoms with Gasteiger partial charge in [0.2, 0.25) is 0 Å². The number of nitrogens with one attached hydrogen (secondary N) is 2. The van der Waals surface area contributed by atoms with E-state index in [0.29, 0.717) is 31.4 Å². The molecule has 2 fully saturated rings. The maximum absolute atomic E-state index is 12.5. The fourth-order valence-corrected chi connectivity index (χ4v) is 3.68. The summed E-state index contributed by atoms with van der Waals surface area (Å²) in [6, 6.07) is 3.88. The van der Waals surface area contributed by atoms with Gasteiger partial charge in [0, 0.05) is 51.4 Å². The molecule has 0 aromatic carbocycles. The molecular weight excluding hydrogens is 346 g/mol. The molecule has 2 saturated heterocycles. The van der Waals surface area contributed by atoms with Crippen LogP contribution in [0, 0.1) is 6.92 Å². The fourth-order valence-electron chi connectivity index (χ4n) is 3.68. The van der Waals surface area contributed by atoms with Crippen molar-refractivity contribution in [3.8, 4) is 0 Å². The van der Waals surface area contributed by atoms with Crippen LogP contribution in [0.1, 0.15) is 29.2 Å². The lowest BCUT2D eigenvalue weighted by molar-refractivity contribution is 0.0886. The first-order valence-corrected chi connectivity index (χ1v) is 9.71. The van der Waals surface area contributed by atoms with Crippen molar-refractivity contribution in [3.63, 3.8) is 0 Å². The van der Waals surface area contributed by atoms with Gasteiger partial charge < -0.3 is 24.9 Å². The Kier molecular flexibility index (Phi) is 6.38. The Hall–Kier alpha value is -2.06. The molecule has 8 nitrogen and oxygen atoms in total. The van der Waals surface area contributed by atoms with Crippen LogP contribution >= 0.6 is 0 Å². The van der Waals surface area contributed by atoms with Crippen LogP contribution in [0.4, 0.5) is 4.79 Å². The molecule has 2 aliphatic heterocycles. The van der Waals surface area contributed by atoms with Crippen LogP contribution in [-0.4, -0.2) is 92.1 Å². The summed E-state index contributed by atoms with van der Waals surface area (Å²) in [6.07, 6.45) is 1.51. The van der Waals surface area contributed by atoms with Crippen molar-refractivity contribution in [3.05, 3.63) is 23.7 Å². The molecule has 27 heavy (non-hydrogen) atoms. The normalized spacial score (nSPS) is 22.6. The number of piperidine rings is 1. The van der Waals surface area contributed by atoms with E-state index in [4.69, 9.17) is 4.42 Å². The first-order chi connectivity index (χ1) is 12.9. The van der Waals surface area contributed by atoms with Crippen LogP contribution in [0.25, 0.3) is 0 Å². The van der Waals surface area contributed by atoms with Crippen LogP contribution in [0.2, 0.25) is 0 Å². The number of amides is 3. The quantitative estimate of drug-likeness (QED) is 0.809. The number of nitrogens with zero attached hydrogens (tertiary/aromatic N) is 3. The Labute approximate surface area is 160 Å². The van der Waals surface area contributed by atoms with Gasteiger partial charge in [0.25, 0.3) is 5.91 Å². The first kappa shape index (κ1) is 19.7. The third-order valence-corrected chi connectivity index (χ3v) is 5.55. The van der Waals surface area contributed by atoms with Crippen molar-refractivity contribution in [1.29, 1.82) is 0 Å². The molecule has 3 amide bonds. The number of hydrogen-bond donors (Lipinski definition) is 2. The monoisotopic (exact) mass is 377 g/mol. The Morgan fingerprint density at radius 1 is 1.15 bits per heavy atom. The Bertz CT molecular complexity index is 654. The van der Waals surface area contributed by atoms with Crippen LogP contribution < -0.4 is 10.6 Å². The van der Waals surface area contributed by atoms with Gasteiger partial charge in [-0.05, 0) is 46.0 Å². The molecule has 1 aromatic rings. The van der Waals surface area contributed by atoms with E-state index < -0.39 is 0 Å². The lowest BCUT2D eigenvalue weighted by Crippen LogP contribution is -2.56. The first-order valence-electron chi connectivity index (χ1n) is 9.71. The summed E-state index contributed by atoms with van der Waals surface area (Å²) in [5.74, 6) is 0.881. The minimum Gasteiger partial charge on any atom is -0.456 e. The van der Waals surface area contributed by atoms with Crippen LogP contribution in [0.5, 0.6) is 0 Å². The third-order valence-electron chi connectivity index (χ3n) is 5.55. The lowest BCUT2D eigenvalue weighted by atomic mass is 10.1. The minimum absolute atomic E-state index is 0.0111. The van der Waals surface area contributed by atoms with Gasteiger partial charge in [-0.3, -0.25) is 9.69 Å². The fraction of sp³-hybridized carbons (Fsp3) is 0.684. The molecule has 0 saturated carbocycles. The van der Waals surface area contributed by atoms with Gasteiger partial charge in [-0.25, -0.2) is 4.79 Å². The van der Waals surface area contributed by atoms with Crippen molar-refractivity contribution in [2.24, 2.45) is 0 Å². The van der Waals surface area contributed by atoms with E-state index in [0.717, 1.165) is 38.2 Å². The number of rotatable bonds is 4. The van der Waals surface area contributed by atoms with E-state index >= 15 is 0 Å². The standard InChI is InChI=1S/C19H31N5O3/c1-14-4-5-17(27-14)18(25)21-15-6-8-24(9-7-15)19(26)20-12-16-13-22(2)10-11-23(16)3/h4-5,15-16H,6-13H2,1-3H3,(H,20,26)(H,21,25). The summed E-state index contributed by atoms with van der Waals surface area (Å²) in [7, 11) is 4.23. The highest BCUT2D eigenvalue weighted by molar-refractivity contribution is 5.91. The van der Waals surface area contributed by atoms with Crippen molar-refractivity contribution in [2.45, 2.75) is 31.8 Å². The molecule has 1 atom stereocenters. The summed E-state index contributed by atoms with van der Waals surface area (Å²) < 4.78 is 5.36. The summed E-state index contributed by atoms with van der Waals surface area (Å²) >= 11 is 0. The molecule has 150 valence electrons. The summed E-state index contributed by atoms with van der Waals surface area (Å²) in [5, 5.41) is 6.07. The van der Waals surface area contributed by atoms with Crippen molar-refractivity contribution < 1.29 is 14.0 Å². The van der Waals surface area contributed by atoms with E-state index in [-0.39, 0.29) is 18.0 Å². The number of hydrogen-bond acceptors (Lipinski definition) is 5. The second kappa shape index (κ2) is 8.75. The maximum Gasteiger partial charge on any atom is 0.317 e. The SMILES string of the molecule is Cc1ccc(C(=O)NC2CCN(C(=O)NCC3CN(C)CCN3C)CC2)o1. The molecule has 2 aliphatic rings. The molecule has 2 N–H and O–H groups in total. The molecule has 8 heteroatoms. The molecule has 0 bridgehead atoms. The zero-order valence-electron chi connectivity index (χ0n) is 16.5. The van der Waals surface area contributed by atoms with Gasteiger partial charge in [-0.1, -0.05) is 0 Å². The number of carbonyl (C=O) groups excluding carboxylic acids is 2. The van der Waals surface area contributed by atoms with Gasteiger partial charge in [0.15, 0.2) is 5.76 Å². The number of likely N-dealkylation sites (N-methyl/N-ethyl adjacent to an activating group) is 2. The summed E-state index contributed by atoms with van der Waals surface area (Å²) in [6.45, 7) is 6.83. The highest BCUT2D eigenvalue weighted by Crippen LogP contribution is 2.13. The predicted octanol–water partition coefficient (Wildman–Crippen LogP) is 0.738. The van der Waals surface area contributed by atoms with Crippen molar-refractivity contribution >= 4 is 11.9 Å². The van der Waals surface area contributed by atoms with Crippen LogP contribution in [0.15, 0.2) is 16.5 Å². The second-order valence-corrected chi connectivity index (χ2v) is 7.73.